The third-order valence-electron chi connectivity index (χ3n) is 2.85. The maximum Gasteiger partial charge on any atom is 0.209 e. The summed E-state index contributed by atoms with van der Waals surface area (Å²) in [4.78, 5) is 0. The zero-order chi connectivity index (χ0) is 10.2. The summed E-state index contributed by atoms with van der Waals surface area (Å²) in [7, 11) is 0. The fourth-order valence-corrected chi connectivity index (χ4v) is 2.22. The van der Waals surface area contributed by atoms with E-state index < -0.39 is 0 Å². The topological polar surface area (TPSA) is 3.01 Å². The van der Waals surface area contributed by atoms with Crippen LogP contribution in [0.3, 0.4) is 0 Å². The van der Waals surface area contributed by atoms with Gasteiger partial charge in [-0.1, -0.05) is 25.1 Å². The Morgan fingerprint density at radius 2 is 1.93 bits per heavy atom. The molecule has 0 N–H and O–H groups in total. The van der Waals surface area contributed by atoms with E-state index in [4.69, 9.17) is 0 Å². The lowest BCUT2D eigenvalue weighted by Crippen LogP contribution is -2.16. The van der Waals surface area contributed by atoms with Gasteiger partial charge in [0.15, 0.2) is 6.21 Å². The first-order chi connectivity index (χ1) is 6.65. The molecule has 0 unspecified atom stereocenters. The van der Waals surface area contributed by atoms with Crippen molar-refractivity contribution in [3.8, 4) is 0 Å². The highest BCUT2D eigenvalue weighted by atomic mass is 15.0. The minimum absolute atomic E-state index is 0.200. The largest absolute Gasteiger partial charge is 0.209 e. The number of rotatable bonds is 2. The molecule has 0 spiro atoms. The molecule has 1 heteroatoms. The molecule has 0 radical (unpaired) electrons. The van der Waals surface area contributed by atoms with E-state index in [-0.39, 0.29) is 5.41 Å². The normalized spacial score (nSPS) is 17.8. The van der Waals surface area contributed by atoms with E-state index in [1.54, 1.807) is 0 Å². The summed E-state index contributed by atoms with van der Waals surface area (Å²) in [5.41, 5.74) is 3.04. The van der Waals surface area contributed by atoms with Crippen LogP contribution in [-0.2, 0) is 5.41 Å². The van der Waals surface area contributed by atoms with Crippen LogP contribution < -0.4 is 0 Å². The monoisotopic (exact) mass is 188 g/mol. The van der Waals surface area contributed by atoms with Crippen LogP contribution in [0.4, 0.5) is 5.69 Å². The van der Waals surface area contributed by atoms with E-state index in [1.807, 2.05) is 0 Å². The highest BCUT2D eigenvalue weighted by molar-refractivity contribution is 5.76. The van der Waals surface area contributed by atoms with E-state index in [0.29, 0.717) is 0 Å². The van der Waals surface area contributed by atoms with Crippen LogP contribution in [0.5, 0.6) is 0 Å². The van der Waals surface area contributed by atoms with Crippen molar-refractivity contribution in [3.63, 3.8) is 0 Å². The fraction of sp³-hybridized carbons (Fsp3) is 0.462. The van der Waals surface area contributed by atoms with Gasteiger partial charge >= 0.3 is 0 Å². The molecule has 1 aliphatic heterocycles. The molecule has 0 amide bonds. The lowest BCUT2D eigenvalue weighted by atomic mass is 9.87. The summed E-state index contributed by atoms with van der Waals surface area (Å²) in [6.45, 7) is 7.91. The molecule has 2 rings (SSSR count). The van der Waals surface area contributed by atoms with Crippen LogP contribution in [0, 0.1) is 0 Å². The van der Waals surface area contributed by atoms with Gasteiger partial charge in [0.1, 0.15) is 6.54 Å². The summed E-state index contributed by atoms with van der Waals surface area (Å²) in [6, 6.07) is 8.71. The van der Waals surface area contributed by atoms with Gasteiger partial charge in [0, 0.05) is 18.1 Å². The fourth-order valence-electron chi connectivity index (χ4n) is 2.22. The van der Waals surface area contributed by atoms with Crippen LogP contribution in [0.2, 0.25) is 0 Å². The van der Waals surface area contributed by atoms with Gasteiger partial charge in [-0.15, -0.1) is 0 Å². The van der Waals surface area contributed by atoms with Crippen molar-refractivity contribution in [3.05, 3.63) is 29.8 Å². The Morgan fingerprint density at radius 1 is 1.21 bits per heavy atom. The molecule has 1 aromatic rings. The van der Waals surface area contributed by atoms with Crippen molar-refractivity contribution < 1.29 is 4.58 Å². The van der Waals surface area contributed by atoms with Gasteiger partial charge in [0.25, 0.3) is 0 Å². The average molecular weight is 188 g/mol. The van der Waals surface area contributed by atoms with Crippen molar-refractivity contribution in [2.45, 2.75) is 32.6 Å². The lowest BCUT2D eigenvalue weighted by molar-refractivity contribution is -0.433. The Bertz CT molecular complexity index is 375. The molecule has 0 saturated heterocycles. The molecule has 0 aromatic heterocycles. The molecular weight excluding hydrogens is 170 g/mol. The zero-order valence-corrected chi connectivity index (χ0v) is 9.25. The number of para-hydroxylation sites is 1. The predicted octanol–water partition coefficient (Wildman–Crippen LogP) is 3.10. The molecule has 0 bridgehead atoms. The van der Waals surface area contributed by atoms with Crippen molar-refractivity contribution in [1.29, 1.82) is 0 Å². The zero-order valence-electron chi connectivity index (χ0n) is 9.25. The van der Waals surface area contributed by atoms with Crippen molar-refractivity contribution >= 4 is 11.9 Å². The molecule has 0 atom stereocenters. The van der Waals surface area contributed by atoms with Gasteiger partial charge in [-0.25, -0.2) is 4.58 Å². The number of fused-ring (bicyclic) bond motifs is 1. The van der Waals surface area contributed by atoms with Gasteiger partial charge in [-0.2, -0.15) is 0 Å². The highest BCUT2D eigenvalue weighted by Gasteiger charge is 2.35. The Kier molecular flexibility index (Phi) is 2.18. The number of hydrogen-bond acceptors (Lipinski definition) is 0. The maximum atomic E-state index is 2.38. The van der Waals surface area contributed by atoms with E-state index in [9.17, 15) is 0 Å². The Labute approximate surface area is 86.1 Å². The van der Waals surface area contributed by atoms with Crippen LogP contribution in [0.25, 0.3) is 0 Å². The van der Waals surface area contributed by atoms with Crippen LogP contribution in [0.15, 0.2) is 24.3 Å². The first-order valence-corrected chi connectivity index (χ1v) is 5.37. The van der Waals surface area contributed by atoms with Gasteiger partial charge in [0.05, 0.1) is 5.41 Å². The average Bonchev–Trinajstić information content (AvgIpc) is 2.41. The molecule has 1 heterocycles. The minimum Gasteiger partial charge on any atom is -0.202 e. The number of nitrogens with zero attached hydrogens (tertiary/aromatic N) is 1. The molecule has 0 aliphatic carbocycles. The SMILES string of the molecule is CCC[N+]1=CC(C)(C)c2ccccc21. The number of hydrogen-bond donors (Lipinski definition) is 0. The molecule has 1 aromatic carbocycles. The minimum atomic E-state index is 0.200. The summed E-state index contributed by atoms with van der Waals surface area (Å²) in [6.07, 6.45) is 3.54. The molecule has 0 saturated carbocycles. The quantitative estimate of drug-likeness (QED) is 0.627. The molecule has 1 aliphatic rings. The van der Waals surface area contributed by atoms with Crippen molar-refractivity contribution in [2.24, 2.45) is 0 Å². The second kappa shape index (κ2) is 3.23. The van der Waals surface area contributed by atoms with E-state index in [1.165, 1.54) is 17.7 Å². The summed E-state index contributed by atoms with van der Waals surface area (Å²) >= 11 is 0. The van der Waals surface area contributed by atoms with Gasteiger partial charge in [-0.05, 0) is 13.8 Å². The molecule has 14 heavy (non-hydrogen) atoms. The molecule has 74 valence electrons. The van der Waals surface area contributed by atoms with E-state index >= 15 is 0 Å². The van der Waals surface area contributed by atoms with Gasteiger partial charge in [-0.3, -0.25) is 0 Å². The molecule has 0 fully saturated rings. The molecule has 1 nitrogen and oxygen atoms in total. The maximum absolute atomic E-state index is 2.38. The third-order valence-corrected chi connectivity index (χ3v) is 2.85. The Morgan fingerprint density at radius 3 is 2.64 bits per heavy atom. The molecular formula is C13H18N+. The van der Waals surface area contributed by atoms with Crippen LogP contribution in [-0.4, -0.2) is 17.3 Å². The van der Waals surface area contributed by atoms with Gasteiger partial charge < -0.3 is 0 Å². The van der Waals surface area contributed by atoms with Gasteiger partial charge in [0.2, 0.25) is 5.69 Å². The first-order valence-electron chi connectivity index (χ1n) is 5.37. The lowest BCUT2D eigenvalue weighted by Gasteiger charge is -2.09. The summed E-state index contributed by atoms with van der Waals surface area (Å²) in [5.74, 6) is 0. The number of benzene rings is 1. The van der Waals surface area contributed by atoms with Crippen molar-refractivity contribution in [1.82, 2.24) is 0 Å². The second-order valence-electron chi connectivity index (χ2n) is 4.56. The smallest absolute Gasteiger partial charge is 0.202 e. The predicted molar refractivity (Wildman–Crippen MR) is 60.6 cm³/mol. The summed E-state index contributed by atoms with van der Waals surface area (Å²) in [5, 5.41) is 0. The third kappa shape index (κ3) is 1.37. The summed E-state index contributed by atoms with van der Waals surface area (Å²) < 4.78 is 2.38. The van der Waals surface area contributed by atoms with E-state index in [2.05, 4.69) is 55.8 Å². The highest BCUT2D eigenvalue weighted by Crippen LogP contribution is 2.35. The Hall–Kier alpha value is -1.11. The van der Waals surface area contributed by atoms with Crippen LogP contribution in [0.1, 0.15) is 32.8 Å². The first kappa shape index (κ1) is 9.45. The van der Waals surface area contributed by atoms with Crippen molar-refractivity contribution in [2.75, 3.05) is 6.54 Å². The van der Waals surface area contributed by atoms with E-state index in [0.717, 1.165) is 6.54 Å². The standard InChI is InChI=1S/C13H18N/c1-4-9-14-10-13(2,3)11-7-5-6-8-12(11)14/h5-8,10H,4,9H2,1-3H3/q+1. The Balaban J connectivity index is 2.49. The second-order valence-corrected chi connectivity index (χ2v) is 4.56. The van der Waals surface area contributed by atoms with Crippen LogP contribution >= 0.6 is 0 Å².